The van der Waals surface area contributed by atoms with E-state index in [1.807, 2.05) is 0 Å². The Labute approximate surface area is 141 Å². The molecule has 0 aliphatic heterocycles. The summed E-state index contributed by atoms with van der Waals surface area (Å²) in [7, 11) is 0. The molecule has 2 aromatic carbocycles. The second-order valence-corrected chi connectivity index (χ2v) is 5.02. The van der Waals surface area contributed by atoms with Crippen LogP contribution in [0.25, 0.3) is 0 Å². The summed E-state index contributed by atoms with van der Waals surface area (Å²) < 4.78 is 45.7. The van der Waals surface area contributed by atoms with Crippen molar-refractivity contribution in [3.8, 4) is 11.5 Å². The molecule has 2 aromatic rings. The van der Waals surface area contributed by atoms with Crippen molar-refractivity contribution in [2.75, 3.05) is 11.9 Å². The maximum absolute atomic E-state index is 12.2. The standard InChI is InChI=1S/C16H13ClF3NO3/c1-2-23-14-7-6-10(8-13(14)17)15(22)21-11-4-3-5-12(9-11)24-16(18,19)20/h3-9H,2H2,1H3,(H,21,22). The van der Waals surface area contributed by atoms with Crippen molar-refractivity contribution in [3.05, 3.63) is 53.1 Å². The van der Waals surface area contributed by atoms with Crippen molar-refractivity contribution in [2.45, 2.75) is 13.3 Å². The van der Waals surface area contributed by atoms with E-state index >= 15 is 0 Å². The van der Waals surface area contributed by atoms with Gasteiger partial charge >= 0.3 is 6.36 Å². The molecule has 1 N–H and O–H groups in total. The summed E-state index contributed by atoms with van der Waals surface area (Å²) >= 11 is 6.00. The molecule has 0 fully saturated rings. The van der Waals surface area contributed by atoms with Gasteiger partial charge in [-0.2, -0.15) is 0 Å². The Hall–Kier alpha value is -2.41. The van der Waals surface area contributed by atoms with Gasteiger partial charge in [0.2, 0.25) is 0 Å². The molecule has 1 amide bonds. The second kappa shape index (κ2) is 7.44. The van der Waals surface area contributed by atoms with Crippen LogP contribution in [0.2, 0.25) is 5.02 Å². The van der Waals surface area contributed by atoms with Crippen LogP contribution in [0.1, 0.15) is 17.3 Å². The molecule has 0 unspecified atom stereocenters. The van der Waals surface area contributed by atoms with Gasteiger partial charge in [-0.1, -0.05) is 17.7 Å². The molecule has 8 heteroatoms. The minimum Gasteiger partial charge on any atom is -0.492 e. The van der Waals surface area contributed by atoms with Crippen molar-refractivity contribution in [3.63, 3.8) is 0 Å². The summed E-state index contributed by atoms with van der Waals surface area (Å²) in [6, 6.07) is 9.45. The smallest absolute Gasteiger partial charge is 0.492 e. The predicted octanol–water partition coefficient (Wildman–Crippen LogP) is 4.89. The molecule has 0 radical (unpaired) electrons. The number of carbonyl (C=O) groups excluding carboxylic acids is 1. The highest BCUT2D eigenvalue weighted by Crippen LogP contribution is 2.27. The fraction of sp³-hybridized carbons (Fsp3) is 0.188. The highest BCUT2D eigenvalue weighted by atomic mass is 35.5. The van der Waals surface area contributed by atoms with Crippen LogP contribution in [0, 0.1) is 0 Å². The number of hydrogen-bond acceptors (Lipinski definition) is 3. The molecular weight excluding hydrogens is 347 g/mol. The van der Waals surface area contributed by atoms with E-state index < -0.39 is 18.0 Å². The van der Waals surface area contributed by atoms with Gasteiger partial charge in [0.15, 0.2) is 0 Å². The number of hydrogen-bond donors (Lipinski definition) is 1. The quantitative estimate of drug-likeness (QED) is 0.826. The molecule has 0 saturated heterocycles. The van der Waals surface area contributed by atoms with Gasteiger partial charge < -0.3 is 14.8 Å². The third-order valence-electron chi connectivity index (χ3n) is 2.82. The lowest BCUT2D eigenvalue weighted by molar-refractivity contribution is -0.274. The second-order valence-electron chi connectivity index (χ2n) is 4.61. The Bertz CT molecular complexity index is 735. The zero-order valence-corrected chi connectivity index (χ0v) is 13.2. The van der Waals surface area contributed by atoms with Crippen molar-refractivity contribution >= 4 is 23.2 Å². The molecule has 2 rings (SSSR count). The van der Waals surface area contributed by atoms with Crippen LogP contribution in [0.15, 0.2) is 42.5 Å². The minimum absolute atomic E-state index is 0.159. The molecule has 0 aromatic heterocycles. The van der Waals surface area contributed by atoms with Crippen LogP contribution < -0.4 is 14.8 Å². The van der Waals surface area contributed by atoms with Gasteiger partial charge in [-0.15, -0.1) is 13.2 Å². The van der Waals surface area contributed by atoms with Gasteiger partial charge in [0.1, 0.15) is 11.5 Å². The normalized spacial score (nSPS) is 11.0. The van der Waals surface area contributed by atoms with E-state index in [4.69, 9.17) is 16.3 Å². The van der Waals surface area contributed by atoms with E-state index in [0.717, 1.165) is 12.1 Å². The fourth-order valence-corrected chi connectivity index (χ4v) is 2.12. The summed E-state index contributed by atoms with van der Waals surface area (Å²) in [6.07, 6.45) is -4.80. The molecule has 24 heavy (non-hydrogen) atoms. The summed E-state index contributed by atoms with van der Waals surface area (Å²) in [5.74, 6) is -0.509. The first-order chi connectivity index (χ1) is 11.3. The minimum atomic E-state index is -4.80. The maximum Gasteiger partial charge on any atom is 0.573 e. The molecule has 0 bridgehead atoms. The summed E-state index contributed by atoms with van der Waals surface area (Å²) in [5.41, 5.74) is 0.400. The van der Waals surface area contributed by atoms with Crippen LogP contribution in [0.5, 0.6) is 11.5 Å². The third-order valence-corrected chi connectivity index (χ3v) is 3.11. The van der Waals surface area contributed by atoms with Crippen LogP contribution >= 0.6 is 11.6 Å². The molecule has 0 atom stereocenters. The summed E-state index contributed by atoms with van der Waals surface area (Å²) in [6.45, 7) is 2.23. The zero-order valence-electron chi connectivity index (χ0n) is 12.5. The van der Waals surface area contributed by atoms with Gasteiger partial charge in [-0.05, 0) is 37.3 Å². The number of halogens is 4. The lowest BCUT2D eigenvalue weighted by Crippen LogP contribution is -2.17. The van der Waals surface area contributed by atoms with E-state index in [1.54, 1.807) is 13.0 Å². The highest BCUT2D eigenvalue weighted by Gasteiger charge is 2.31. The van der Waals surface area contributed by atoms with Gasteiger partial charge in [0, 0.05) is 17.3 Å². The summed E-state index contributed by atoms with van der Waals surface area (Å²) in [4.78, 5) is 12.2. The molecule has 0 heterocycles. The van der Waals surface area contributed by atoms with E-state index in [0.29, 0.717) is 12.4 Å². The van der Waals surface area contributed by atoms with Crippen molar-refractivity contribution < 1.29 is 27.4 Å². The third kappa shape index (κ3) is 5.06. The number of benzene rings is 2. The molecule has 0 aliphatic carbocycles. The molecular formula is C16H13ClF3NO3. The lowest BCUT2D eigenvalue weighted by Gasteiger charge is -2.11. The zero-order chi connectivity index (χ0) is 17.7. The van der Waals surface area contributed by atoms with E-state index in [9.17, 15) is 18.0 Å². The number of ether oxygens (including phenoxy) is 2. The number of alkyl halides is 3. The predicted molar refractivity (Wildman–Crippen MR) is 83.7 cm³/mol. The lowest BCUT2D eigenvalue weighted by atomic mass is 10.2. The van der Waals surface area contributed by atoms with Crippen LogP contribution in [0.3, 0.4) is 0 Å². The van der Waals surface area contributed by atoms with Crippen molar-refractivity contribution in [1.29, 1.82) is 0 Å². The van der Waals surface area contributed by atoms with Crippen LogP contribution in [-0.4, -0.2) is 18.9 Å². The Morgan fingerprint density at radius 2 is 1.96 bits per heavy atom. The van der Waals surface area contributed by atoms with Gasteiger partial charge in [-0.25, -0.2) is 0 Å². The number of nitrogens with one attached hydrogen (secondary N) is 1. The van der Waals surface area contributed by atoms with Gasteiger partial charge in [0.05, 0.1) is 11.6 Å². The Kier molecular flexibility index (Phi) is 5.56. The Morgan fingerprint density at radius 3 is 2.58 bits per heavy atom. The highest BCUT2D eigenvalue weighted by molar-refractivity contribution is 6.32. The first-order valence-electron chi connectivity index (χ1n) is 6.88. The molecule has 128 valence electrons. The number of anilines is 1. The SMILES string of the molecule is CCOc1ccc(C(=O)Nc2cccc(OC(F)(F)F)c2)cc1Cl. The average molecular weight is 360 g/mol. The van der Waals surface area contributed by atoms with E-state index in [-0.39, 0.29) is 16.3 Å². The van der Waals surface area contributed by atoms with Crippen LogP contribution in [0.4, 0.5) is 18.9 Å². The van der Waals surface area contributed by atoms with E-state index in [1.165, 1.54) is 24.3 Å². The Morgan fingerprint density at radius 1 is 1.21 bits per heavy atom. The average Bonchev–Trinajstić information content (AvgIpc) is 2.48. The molecule has 0 spiro atoms. The van der Waals surface area contributed by atoms with Crippen LogP contribution in [-0.2, 0) is 0 Å². The molecule has 0 saturated carbocycles. The number of amides is 1. The monoisotopic (exact) mass is 359 g/mol. The summed E-state index contributed by atoms with van der Waals surface area (Å²) in [5, 5.41) is 2.74. The molecule has 0 aliphatic rings. The topological polar surface area (TPSA) is 47.6 Å². The first kappa shape index (κ1) is 17.9. The maximum atomic E-state index is 12.2. The van der Waals surface area contributed by atoms with Gasteiger partial charge in [-0.3, -0.25) is 4.79 Å². The van der Waals surface area contributed by atoms with Crippen molar-refractivity contribution in [1.82, 2.24) is 0 Å². The van der Waals surface area contributed by atoms with Crippen molar-refractivity contribution in [2.24, 2.45) is 0 Å². The molecule has 4 nitrogen and oxygen atoms in total. The number of rotatable bonds is 5. The largest absolute Gasteiger partial charge is 0.573 e. The van der Waals surface area contributed by atoms with E-state index in [2.05, 4.69) is 10.1 Å². The van der Waals surface area contributed by atoms with Gasteiger partial charge in [0.25, 0.3) is 5.91 Å². The fourth-order valence-electron chi connectivity index (χ4n) is 1.89. The Balaban J connectivity index is 2.12. The first-order valence-corrected chi connectivity index (χ1v) is 7.26. The number of carbonyl (C=O) groups is 1.